The van der Waals surface area contributed by atoms with Crippen molar-refractivity contribution in [3.8, 4) is 11.4 Å². The topological polar surface area (TPSA) is 85.3 Å². The first-order valence-corrected chi connectivity index (χ1v) is 10.1. The van der Waals surface area contributed by atoms with E-state index in [1.165, 1.54) is 25.1 Å². The summed E-state index contributed by atoms with van der Waals surface area (Å²) in [6, 6.07) is 13.7. The number of fused-ring (bicyclic) bond motifs is 1. The maximum Gasteiger partial charge on any atom is 0.290 e. The predicted octanol–water partition coefficient (Wildman–Crippen LogP) is 3.04. The van der Waals surface area contributed by atoms with Gasteiger partial charge in [-0.05, 0) is 57.4 Å². The van der Waals surface area contributed by atoms with E-state index in [0.717, 1.165) is 41.8 Å². The molecule has 2 aromatic carbocycles. The van der Waals surface area contributed by atoms with Gasteiger partial charge in [0.2, 0.25) is 0 Å². The van der Waals surface area contributed by atoms with Crippen LogP contribution < -0.4 is 15.6 Å². The number of hydrazine groups is 1. The Balaban J connectivity index is 1.44. The number of benzene rings is 2. The molecule has 0 saturated carbocycles. The standard InChI is InChI=1S/C23H23FN4O3/c1-14-10-12-16(13-11-14)28-19-8-5-6-17(19)21(27-28)23(30)26-25-22(29)15(2)31-20-9-4-3-7-18(20)24/h3-4,7,9-13,15H,5-6,8H2,1-2H3,(H,25,29)(H,26,30). The van der Waals surface area contributed by atoms with Crippen LogP contribution in [0.1, 0.15) is 40.7 Å². The van der Waals surface area contributed by atoms with Crippen LogP contribution in [0.25, 0.3) is 5.69 Å². The lowest BCUT2D eigenvalue weighted by molar-refractivity contribution is -0.128. The second-order valence-corrected chi connectivity index (χ2v) is 7.51. The zero-order chi connectivity index (χ0) is 22.0. The predicted molar refractivity (Wildman–Crippen MR) is 112 cm³/mol. The van der Waals surface area contributed by atoms with Crippen molar-refractivity contribution in [1.82, 2.24) is 20.6 Å². The maximum atomic E-state index is 13.7. The number of para-hydroxylation sites is 1. The van der Waals surface area contributed by atoms with E-state index < -0.39 is 23.7 Å². The first-order chi connectivity index (χ1) is 14.9. The number of halogens is 1. The second kappa shape index (κ2) is 8.59. The van der Waals surface area contributed by atoms with E-state index >= 15 is 0 Å². The van der Waals surface area contributed by atoms with Gasteiger partial charge >= 0.3 is 0 Å². The van der Waals surface area contributed by atoms with E-state index in [4.69, 9.17) is 4.74 Å². The fraction of sp³-hybridized carbons (Fsp3) is 0.261. The molecule has 31 heavy (non-hydrogen) atoms. The van der Waals surface area contributed by atoms with Crippen molar-refractivity contribution in [2.24, 2.45) is 0 Å². The summed E-state index contributed by atoms with van der Waals surface area (Å²) >= 11 is 0. The van der Waals surface area contributed by atoms with Gasteiger partial charge in [-0.1, -0.05) is 29.8 Å². The molecule has 1 aliphatic carbocycles. The van der Waals surface area contributed by atoms with Gasteiger partial charge in [0.05, 0.1) is 5.69 Å². The number of hydrogen-bond acceptors (Lipinski definition) is 4. The third kappa shape index (κ3) is 4.28. The van der Waals surface area contributed by atoms with Crippen molar-refractivity contribution in [1.29, 1.82) is 0 Å². The molecule has 1 unspecified atom stereocenters. The quantitative estimate of drug-likeness (QED) is 0.619. The summed E-state index contributed by atoms with van der Waals surface area (Å²) in [6.45, 7) is 3.48. The van der Waals surface area contributed by atoms with Crippen molar-refractivity contribution >= 4 is 11.8 Å². The van der Waals surface area contributed by atoms with Crippen molar-refractivity contribution in [3.63, 3.8) is 0 Å². The minimum absolute atomic E-state index is 0.0360. The molecule has 8 heteroatoms. The minimum atomic E-state index is -1.01. The van der Waals surface area contributed by atoms with Crippen LogP contribution in [0.4, 0.5) is 4.39 Å². The number of aryl methyl sites for hydroxylation is 1. The molecule has 0 saturated heterocycles. The number of rotatable bonds is 5. The van der Waals surface area contributed by atoms with Gasteiger partial charge in [-0.3, -0.25) is 20.4 Å². The summed E-state index contributed by atoms with van der Waals surface area (Å²) in [5, 5.41) is 4.51. The van der Waals surface area contributed by atoms with Crippen LogP contribution in [-0.2, 0) is 17.6 Å². The van der Waals surface area contributed by atoms with E-state index in [0.29, 0.717) is 0 Å². The summed E-state index contributed by atoms with van der Waals surface area (Å²) in [7, 11) is 0. The number of hydrogen-bond donors (Lipinski definition) is 2. The molecule has 1 atom stereocenters. The van der Waals surface area contributed by atoms with Gasteiger partial charge in [0.25, 0.3) is 11.8 Å². The van der Waals surface area contributed by atoms with Crippen molar-refractivity contribution in [2.45, 2.75) is 39.2 Å². The lowest BCUT2D eigenvalue weighted by atomic mass is 10.2. The largest absolute Gasteiger partial charge is 0.478 e. The molecule has 1 aliphatic rings. The SMILES string of the molecule is Cc1ccc(-n2nc(C(=O)NNC(=O)C(C)Oc3ccccc3F)c3c2CCC3)cc1. The highest BCUT2D eigenvalue weighted by Gasteiger charge is 2.27. The van der Waals surface area contributed by atoms with Crippen LogP contribution in [0.15, 0.2) is 48.5 Å². The molecule has 1 heterocycles. The Morgan fingerprint density at radius 2 is 1.84 bits per heavy atom. The molecule has 0 aliphatic heterocycles. The number of nitrogens with zero attached hydrogens (tertiary/aromatic N) is 2. The first-order valence-electron chi connectivity index (χ1n) is 10.1. The molecule has 0 bridgehead atoms. The van der Waals surface area contributed by atoms with Gasteiger partial charge in [-0.25, -0.2) is 9.07 Å². The van der Waals surface area contributed by atoms with Gasteiger partial charge in [0.15, 0.2) is 23.4 Å². The van der Waals surface area contributed by atoms with Gasteiger partial charge in [0, 0.05) is 11.3 Å². The first kappa shape index (κ1) is 20.6. The van der Waals surface area contributed by atoms with Crippen molar-refractivity contribution in [3.05, 3.63) is 76.9 Å². The summed E-state index contributed by atoms with van der Waals surface area (Å²) in [4.78, 5) is 25.0. The van der Waals surface area contributed by atoms with E-state index in [9.17, 15) is 14.0 Å². The Kier molecular flexibility index (Phi) is 5.70. The Hall–Kier alpha value is -3.68. The van der Waals surface area contributed by atoms with E-state index in [2.05, 4.69) is 16.0 Å². The molecule has 160 valence electrons. The second-order valence-electron chi connectivity index (χ2n) is 7.51. The highest BCUT2D eigenvalue weighted by molar-refractivity contribution is 5.95. The maximum absolute atomic E-state index is 13.7. The van der Waals surface area contributed by atoms with E-state index in [-0.39, 0.29) is 11.4 Å². The molecule has 2 amide bonds. The fourth-order valence-corrected chi connectivity index (χ4v) is 3.58. The molecule has 0 spiro atoms. The summed E-state index contributed by atoms with van der Waals surface area (Å²) in [5.41, 5.74) is 8.95. The van der Waals surface area contributed by atoms with Crippen LogP contribution in [0.3, 0.4) is 0 Å². The fourth-order valence-electron chi connectivity index (χ4n) is 3.58. The summed E-state index contributed by atoms with van der Waals surface area (Å²) < 4.78 is 20.8. The third-order valence-electron chi connectivity index (χ3n) is 5.23. The van der Waals surface area contributed by atoms with Crippen LogP contribution in [-0.4, -0.2) is 27.7 Å². The Morgan fingerprint density at radius 1 is 1.10 bits per heavy atom. The Labute approximate surface area is 179 Å². The number of ether oxygens (including phenoxy) is 1. The Bertz CT molecular complexity index is 1120. The van der Waals surface area contributed by atoms with Crippen LogP contribution in [0, 0.1) is 12.7 Å². The number of carbonyl (C=O) groups excluding carboxylic acids is 2. The monoisotopic (exact) mass is 422 g/mol. The lowest BCUT2D eigenvalue weighted by Gasteiger charge is -2.15. The molecule has 7 nitrogen and oxygen atoms in total. The normalized spacial score (nSPS) is 13.4. The molecular weight excluding hydrogens is 399 g/mol. The van der Waals surface area contributed by atoms with Crippen molar-refractivity contribution in [2.75, 3.05) is 0 Å². The van der Waals surface area contributed by atoms with Gasteiger partial charge < -0.3 is 4.74 Å². The molecule has 4 rings (SSSR count). The average molecular weight is 422 g/mol. The molecule has 1 aromatic heterocycles. The number of carbonyl (C=O) groups is 2. The smallest absolute Gasteiger partial charge is 0.290 e. The van der Waals surface area contributed by atoms with E-state index in [1.54, 1.807) is 10.7 Å². The zero-order valence-electron chi connectivity index (χ0n) is 17.3. The van der Waals surface area contributed by atoms with Crippen LogP contribution in [0.2, 0.25) is 0 Å². The molecule has 0 fully saturated rings. The van der Waals surface area contributed by atoms with Gasteiger partial charge in [0.1, 0.15) is 0 Å². The number of amides is 2. The van der Waals surface area contributed by atoms with E-state index in [1.807, 2.05) is 31.2 Å². The van der Waals surface area contributed by atoms with Crippen LogP contribution in [0.5, 0.6) is 5.75 Å². The number of aromatic nitrogens is 2. The highest BCUT2D eigenvalue weighted by atomic mass is 19.1. The molecular formula is C23H23FN4O3. The summed E-state index contributed by atoms with van der Waals surface area (Å²) in [5.74, 6) is -1.71. The Morgan fingerprint density at radius 3 is 2.58 bits per heavy atom. The summed E-state index contributed by atoms with van der Waals surface area (Å²) in [6.07, 6.45) is 1.53. The van der Waals surface area contributed by atoms with Crippen LogP contribution >= 0.6 is 0 Å². The van der Waals surface area contributed by atoms with Crippen molar-refractivity contribution < 1.29 is 18.7 Å². The molecule has 2 N–H and O–H groups in total. The zero-order valence-corrected chi connectivity index (χ0v) is 17.3. The molecule has 0 radical (unpaired) electrons. The lowest BCUT2D eigenvalue weighted by Crippen LogP contribution is -2.47. The highest BCUT2D eigenvalue weighted by Crippen LogP contribution is 2.28. The van der Waals surface area contributed by atoms with Gasteiger partial charge in [-0.2, -0.15) is 5.10 Å². The van der Waals surface area contributed by atoms with Gasteiger partial charge in [-0.15, -0.1) is 0 Å². The average Bonchev–Trinajstić information content (AvgIpc) is 3.37. The molecule has 3 aromatic rings. The third-order valence-corrected chi connectivity index (χ3v) is 5.23. The number of nitrogens with one attached hydrogen (secondary N) is 2. The minimum Gasteiger partial charge on any atom is -0.478 e.